The van der Waals surface area contributed by atoms with E-state index in [-0.39, 0.29) is 11.5 Å². The number of rotatable bonds is 13. The molecule has 0 fully saturated rings. The summed E-state index contributed by atoms with van der Waals surface area (Å²) in [5, 5.41) is 48.3. The van der Waals surface area contributed by atoms with E-state index in [4.69, 9.17) is 11.5 Å². The van der Waals surface area contributed by atoms with Crippen molar-refractivity contribution >= 4 is 47.4 Å². The maximum absolute atomic E-state index is 12.0. The molecule has 4 unspecified atom stereocenters. The first-order valence-electron chi connectivity index (χ1n) is 7.79. The predicted molar refractivity (Wildman–Crippen MR) is 100 cm³/mol. The van der Waals surface area contributed by atoms with Crippen molar-refractivity contribution in [3.63, 3.8) is 0 Å². The lowest BCUT2D eigenvalue weighted by molar-refractivity contribution is -0.265. The molecule has 0 aromatic heterocycles. The first-order valence-corrected chi connectivity index (χ1v) is 10.6. The molecule has 0 aliphatic rings. The van der Waals surface area contributed by atoms with Gasteiger partial charge in [0.05, 0.1) is 0 Å². The highest BCUT2D eigenvalue weighted by Gasteiger charge is 2.58. The summed E-state index contributed by atoms with van der Waals surface area (Å²) < 4.78 is 8.57. The Morgan fingerprint density at radius 3 is 1.66 bits per heavy atom. The van der Waals surface area contributed by atoms with E-state index < -0.39 is 60.1 Å². The summed E-state index contributed by atoms with van der Waals surface area (Å²) in [6.45, 7) is 0. The number of carbonyl (C=O) groups is 4. The van der Waals surface area contributed by atoms with Crippen LogP contribution in [0.25, 0.3) is 0 Å². The fourth-order valence-corrected chi connectivity index (χ4v) is 2.70. The van der Waals surface area contributed by atoms with Crippen LogP contribution in [0.15, 0.2) is 0 Å². The van der Waals surface area contributed by atoms with E-state index in [1.165, 1.54) is 23.5 Å². The second-order valence-corrected chi connectivity index (χ2v) is 7.82. The molecule has 168 valence electrons. The van der Waals surface area contributed by atoms with Crippen molar-refractivity contribution in [1.82, 2.24) is 0 Å². The van der Waals surface area contributed by atoms with Gasteiger partial charge in [-0.15, -0.1) is 0 Å². The largest absolute Gasteiger partial charge is 0.478 e. The van der Waals surface area contributed by atoms with Gasteiger partial charge in [0.2, 0.25) is 11.4 Å². The number of carboxylic acids is 2. The van der Waals surface area contributed by atoms with Crippen molar-refractivity contribution in [1.29, 1.82) is 0 Å². The SMILES string of the molecule is CSCCC(N)(O)C(=O)OC(C(=O)O)C(O)(OC(=O)C(N)(O)CCSC)C(=O)O. The number of hydrogen-bond donors (Lipinski definition) is 7. The van der Waals surface area contributed by atoms with Crippen LogP contribution < -0.4 is 11.5 Å². The quantitative estimate of drug-likeness (QED) is 0.108. The Morgan fingerprint density at radius 1 is 0.897 bits per heavy atom. The van der Waals surface area contributed by atoms with Gasteiger partial charge < -0.3 is 35.0 Å². The smallest absolute Gasteiger partial charge is 0.382 e. The molecule has 4 atom stereocenters. The van der Waals surface area contributed by atoms with E-state index in [9.17, 15) is 44.7 Å². The average molecular weight is 460 g/mol. The Hall–Kier alpha value is -1.62. The van der Waals surface area contributed by atoms with Crippen LogP contribution in [0.5, 0.6) is 0 Å². The zero-order valence-corrected chi connectivity index (χ0v) is 17.2. The summed E-state index contributed by atoms with van der Waals surface area (Å²) in [6, 6.07) is 0. The Balaban J connectivity index is 5.75. The van der Waals surface area contributed by atoms with E-state index in [0.29, 0.717) is 0 Å². The van der Waals surface area contributed by atoms with Gasteiger partial charge in [0.25, 0.3) is 6.10 Å². The molecule has 0 aliphatic carbocycles. The van der Waals surface area contributed by atoms with Gasteiger partial charge in [0.1, 0.15) is 0 Å². The number of esters is 2. The molecule has 15 heteroatoms. The predicted octanol–water partition coefficient (Wildman–Crippen LogP) is -2.90. The minimum Gasteiger partial charge on any atom is -0.478 e. The topological polar surface area (TPSA) is 240 Å². The number of hydrogen-bond acceptors (Lipinski definition) is 13. The summed E-state index contributed by atoms with van der Waals surface area (Å²) in [6.07, 6.45) is -0.647. The molecule has 29 heavy (non-hydrogen) atoms. The van der Waals surface area contributed by atoms with Crippen LogP contribution in [-0.4, -0.2) is 96.8 Å². The number of nitrogens with two attached hydrogens (primary N) is 2. The van der Waals surface area contributed by atoms with Crippen LogP contribution in [0, 0.1) is 0 Å². The lowest BCUT2D eigenvalue weighted by Crippen LogP contribution is -2.63. The van der Waals surface area contributed by atoms with Gasteiger partial charge in [0, 0.05) is 12.8 Å². The Labute approximate surface area is 173 Å². The minimum absolute atomic E-state index is 0.126. The summed E-state index contributed by atoms with van der Waals surface area (Å²) in [7, 11) is 0. The summed E-state index contributed by atoms with van der Waals surface area (Å²) in [4.78, 5) is 46.8. The fraction of sp³-hybridized carbons (Fsp3) is 0.714. The van der Waals surface area contributed by atoms with E-state index in [1.54, 1.807) is 12.5 Å². The third kappa shape index (κ3) is 7.61. The number of carboxylic acid groups (broad SMARTS) is 2. The molecule has 0 heterocycles. The number of aliphatic hydroxyl groups is 3. The molecular formula is C14H24N2O11S2. The second kappa shape index (κ2) is 11.0. The Morgan fingerprint density at radius 2 is 1.31 bits per heavy atom. The summed E-state index contributed by atoms with van der Waals surface area (Å²) in [5.74, 6) is -12.1. The first-order chi connectivity index (χ1) is 13.2. The third-order valence-corrected chi connectivity index (χ3v) is 4.67. The number of carbonyl (C=O) groups excluding carboxylic acids is 2. The lowest BCUT2D eigenvalue weighted by Gasteiger charge is -2.32. The van der Waals surface area contributed by atoms with E-state index in [1.807, 2.05) is 0 Å². The molecule has 0 aromatic carbocycles. The summed E-state index contributed by atoms with van der Waals surface area (Å²) >= 11 is 2.34. The van der Waals surface area contributed by atoms with Crippen molar-refractivity contribution in [3.8, 4) is 0 Å². The highest BCUT2D eigenvalue weighted by Crippen LogP contribution is 2.23. The van der Waals surface area contributed by atoms with Crippen molar-refractivity contribution in [2.24, 2.45) is 11.5 Å². The zero-order chi connectivity index (χ0) is 23.0. The maximum Gasteiger partial charge on any atom is 0.382 e. The highest BCUT2D eigenvalue weighted by molar-refractivity contribution is 7.98. The molecule has 0 radical (unpaired) electrons. The molecule has 13 nitrogen and oxygen atoms in total. The van der Waals surface area contributed by atoms with Crippen LogP contribution in [0.2, 0.25) is 0 Å². The highest BCUT2D eigenvalue weighted by atomic mass is 32.2. The molecule has 0 bridgehead atoms. The molecule has 0 rings (SSSR count). The van der Waals surface area contributed by atoms with Crippen LogP contribution in [0.3, 0.4) is 0 Å². The van der Waals surface area contributed by atoms with Gasteiger partial charge >= 0.3 is 29.7 Å². The number of aliphatic carboxylic acids is 2. The number of thioether (sulfide) groups is 2. The van der Waals surface area contributed by atoms with Gasteiger partial charge in [0.15, 0.2) is 0 Å². The molecule has 0 aliphatic heterocycles. The molecule has 0 amide bonds. The Bertz CT molecular complexity index is 629. The fourth-order valence-electron chi connectivity index (χ4n) is 1.67. The van der Waals surface area contributed by atoms with Gasteiger partial charge in [-0.1, -0.05) is 0 Å². The monoisotopic (exact) mass is 460 g/mol. The van der Waals surface area contributed by atoms with Gasteiger partial charge in [-0.3, -0.25) is 11.5 Å². The summed E-state index contributed by atoms with van der Waals surface area (Å²) in [5.41, 5.74) is 5.13. The number of ether oxygens (including phenoxy) is 2. The van der Waals surface area contributed by atoms with Crippen LogP contribution in [0.1, 0.15) is 12.8 Å². The normalized spacial score (nSPS) is 18.4. The Kier molecular flexibility index (Phi) is 10.3. The van der Waals surface area contributed by atoms with Crippen molar-refractivity contribution in [2.45, 2.75) is 36.2 Å². The minimum atomic E-state index is -3.99. The van der Waals surface area contributed by atoms with Gasteiger partial charge in [-0.25, -0.2) is 19.2 Å². The van der Waals surface area contributed by atoms with Crippen LogP contribution >= 0.6 is 23.5 Å². The maximum atomic E-state index is 12.0. The lowest BCUT2D eigenvalue weighted by atomic mass is 10.1. The van der Waals surface area contributed by atoms with Crippen molar-refractivity contribution in [3.05, 3.63) is 0 Å². The third-order valence-electron chi connectivity index (χ3n) is 3.44. The van der Waals surface area contributed by atoms with E-state index >= 15 is 0 Å². The van der Waals surface area contributed by atoms with Crippen LogP contribution in [0.4, 0.5) is 0 Å². The second-order valence-electron chi connectivity index (χ2n) is 5.85. The van der Waals surface area contributed by atoms with Crippen molar-refractivity contribution in [2.75, 3.05) is 24.0 Å². The van der Waals surface area contributed by atoms with E-state index in [0.717, 1.165) is 0 Å². The first kappa shape index (κ1) is 27.4. The molecule has 0 aromatic rings. The van der Waals surface area contributed by atoms with Gasteiger partial charge in [-0.2, -0.15) is 23.5 Å². The average Bonchev–Trinajstić information content (AvgIpc) is 2.61. The molecule has 0 saturated heterocycles. The van der Waals surface area contributed by atoms with Crippen molar-refractivity contribution < 1.29 is 54.2 Å². The van der Waals surface area contributed by atoms with Crippen LogP contribution in [-0.2, 0) is 28.7 Å². The molecular weight excluding hydrogens is 436 g/mol. The molecule has 9 N–H and O–H groups in total. The van der Waals surface area contributed by atoms with E-state index in [2.05, 4.69) is 9.47 Å². The van der Waals surface area contributed by atoms with Gasteiger partial charge in [-0.05, 0) is 24.0 Å². The zero-order valence-electron chi connectivity index (χ0n) is 15.6. The molecule has 0 spiro atoms. The molecule has 0 saturated carbocycles. The standard InChI is InChI=1S/C14H24N2O11S2/c1-28-5-3-12(15,23)10(21)26-7(8(17)18)14(25,9(19)20)27-11(22)13(16,24)4-6-29-2/h7,23-25H,3-6,15-16H2,1-2H3,(H,17,18)(H,19,20).